The fourth-order valence-electron chi connectivity index (χ4n) is 3.80. The van der Waals surface area contributed by atoms with Crippen molar-refractivity contribution >= 4 is 15.1 Å². The number of phosphoric acid groups is 1. The molecular weight excluding hydrogens is 482 g/mol. The molecule has 0 heterocycles. The molecule has 8 heteroatoms. The van der Waals surface area contributed by atoms with Gasteiger partial charge >= 0.3 is 7.82 Å². The first-order valence-corrected chi connectivity index (χ1v) is 19.0. The minimum Gasteiger partial charge on any atom is -0.379 e. The van der Waals surface area contributed by atoms with Gasteiger partial charge in [-0.1, -0.05) is 103 Å². The Morgan fingerprint density at radius 1 is 0.686 bits per heavy atom. The number of unbranched alkanes of at least 4 members (excludes halogenated alkanes) is 15. The maximum Gasteiger partial charge on any atom is 0.472 e. The molecule has 0 saturated heterocycles. The molecule has 0 aromatic carbocycles. The Bertz CT molecular complexity index is 499. The van der Waals surface area contributed by atoms with E-state index < -0.39 is 15.1 Å². The molecular formula is C27H59O6P2+. The molecule has 35 heavy (non-hydrogen) atoms. The molecule has 0 aromatic heterocycles. The van der Waals surface area contributed by atoms with Crippen molar-refractivity contribution in [1.29, 1.82) is 0 Å². The van der Waals surface area contributed by atoms with Crippen molar-refractivity contribution in [2.45, 2.75) is 116 Å². The molecule has 0 radical (unpaired) electrons. The molecule has 6 nitrogen and oxygen atoms in total. The van der Waals surface area contributed by atoms with Crippen LogP contribution in [-0.2, 0) is 23.1 Å². The molecule has 0 aliphatic carbocycles. The average Bonchev–Trinajstić information content (AvgIpc) is 2.79. The predicted molar refractivity (Wildman–Crippen MR) is 152 cm³/mol. The van der Waals surface area contributed by atoms with Gasteiger partial charge in [0.2, 0.25) is 0 Å². The number of ether oxygens (including phenoxy) is 2. The van der Waals surface area contributed by atoms with Gasteiger partial charge in [-0.25, -0.2) is 4.57 Å². The molecule has 1 N–H and O–H groups in total. The van der Waals surface area contributed by atoms with Crippen LogP contribution in [0.25, 0.3) is 0 Å². The first kappa shape index (κ1) is 35.5. The minimum absolute atomic E-state index is 0.0199. The monoisotopic (exact) mass is 541 g/mol. The third-order valence-corrected chi connectivity index (χ3v) is 8.73. The Hall–Kier alpha value is 0.460. The molecule has 0 aliphatic rings. The van der Waals surface area contributed by atoms with Crippen molar-refractivity contribution in [2.24, 2.45) is 0 Å². The lowest BCUT2D eigenvalue weighted by Gasteiger charge is -2.19. The first-order valence-electron chi connectivity index (χ1n) is 14.2. The highest BCUT2D eigenvalue weighted by Crippen LogP contribution is 2.49. The van der Waals surface area contributed by atoms with Crippen molar-refractivity contribution in [3.8, 4) is 0 Å². The van der Waals surface area contributed by atoms with Crippen LogP contribution in [0.4, 0.5) is 0 Å². The van der Waals surface area contributed by atoms with E-state index in [2.05, 4.69) is 26.9 Å². The van der Waals surface area contributed by atoms with Crippen LogP contribution in [0.5, 0.6) is 0 Å². The standard InChI is InChI=1S/C27H58O6P2/c1-6-7-8-9-10-11-12-13-14-15-16-17-18-19-20-21-22-31-25-27(30-2)26-33-35(28,29)32-23-24-34(3,4)5/h27H,6-26H2,1-5H3/p+1. The van der Waals surface area contributed by atoms with Crippen LogP contribution >= 0.6 is 15.1 Å². The van der Waals surface area contributed by atoms with Gasteiger partial charge in [-0.15, -0.1) is 0 Å². The zero-order valence-corrected chi connectivity index (χ0v) is 25.6. The summed E-state index contributed by atoms with van der Waals surface area (Å²) in [6.45, 7) is 10.0. The summed E-state index contributed by atoms with van der Waals surface area (Å²) in [5.41, 5.74) is 0. The van der Waals surface area contributed by atoms with Gasteiger partial charge < -0.3 is 14.4 Å². The Labute approximate surface area is 218 Å². The number of rotatable bonds is 27. The van der Waals surface area contributed by atoms with Gasteiger partial charge in [0.05, 0.1) is 26.0 Å². The Morgan fingerprint density at radius 2 is 1.14 bits per heavy atom. The second-order valence-corrected chi connectivity index (χ2v) is 17.3. The van der Waals surface area contributed by atoms with E-state index in [1.807, 2.05) is 0 Å². The van der Waals surface area contributed by atoms with Gasteiger partial charge in [0.1, 0.15) is 6.10 Å². The quantitative estimate of drug-likeness (QED) is 0.0832. The van der Waals surface area contributed by atoms with E-state index in [1.54, 1.807) is 7.11 Å². The fourth-order valence-corrected chi connectivity index (χ4v) is 5.33. The SMILES string of the molecule is CCCCCCCCCCCCCCCCCCOCC(COP(=O)(O)OCC[P+](C)(C)C)OC. The summed E-state index contributed by atoms with van der Waals surface area (Å²) in [5.74, 6) is 0. The fraction of sp³-hybridized carbons (Fsp3) is 1.00. The molecule has 0 rings (SSSR count). The van der Waals surface area contributed by atoms with Crippen molar-refractivity contribution < 1.29 is 28.0 Å². The van der Waals surface area contributed by atoms with Gasteiger partial charge in [0.25, 0.3) is 0 Å². The molecule has 0 aromatic rings. The molecule has 0 bridgehead atoms. The van der Waals surface area contributed by atoms with Gasteiger partial charge in [0.15, 0.2) is 0 Å². The maximum absolute atomic E-state index is 12.0. The van der Waals surface area contributed by atoms with E-state index >= 15 is 0 Å². The summed E-state index contributed by atoms with van der Waals surface area (Å²) in [5, 5.41) is 0. The minimum atomic E-state index is -4.04. The van der Waals surface area contributed by atoms with Crippen LogP contribution in [0.2, 0.25) is 0 Å². The summed E-state index contributed by atoms with van der Waals surface area (Å²) >= 11 is 0. The van der Waals surface area contributed by atoms with Gasteiger partial charge in [-0.2, -0.15) is 0 Å². The largest absolute Gasteiger partial charge is 0.472 e. The van der Waals surface area contributed by atoms with Crippen LogP contribution in [0.1, 0.15) is 110 Å². The third kappa shape index (κ3) is 27.3. The van der Waals surface area contributed by atoms with Crippen molar-refractivity contribution in [2.75, 3.05) is 59.7 Å². The summed E-state index contributed by atoms with van der Waals surface area (Å²) in [6.07, 6.45) is 22.0. The highest BCUT2D eigenvalue weighted by atomic mass is 31.2. The normalized spacial score (nSPS) is 14.8. The topological polar surface area (TPSA) is 74.2 Å². The van der Waals surface area contributed by atoms with E-state index in [4.69, 9.17) is 18.5 Å². The number of hydrogen-bond acceptors (Lipinski definition) is 5. The van der Waals surface area contributed by atoms with E-state index in [0.29, 0.717) is 13.2 Å². The molecule has 2 unspecified atom stereocenters. The zero-order chi connectivity index (χ0) is 26.3. The van der Waals surface area contributed by atoms with E-state index in [1.165, 1.54) is 96.3 Å². The lowest BCUT2D eigenvalue weighted by atomic mass is 10.0. The van der Waals surface area contributed by atoms with Gasteiger partial charge in [0, 0.05) is 41.0 Å². The lowest BCUT2D eigenvalue weighted by molar-refractivity contribution is -0.0218. The summed E-state index contributed by atoms with van der Waals surface area (Å²) in [7, 11) is -3.53. The van der Waals surface area contributed by atoms with E-state index in [9.17, 15) is 9.46 Å². The number of methoxy groups -OCH3 is 1. The average molecular weight is 542 g/mol. The number of phosphoric ester groups is 1. The summed E-state index contributed by atoms with van der Waals surface area (Å²) < 4.78 is 33.1. The van der Waals surface area contributed by atoms with Crippen LogP contribution in [0.15, 0.2) is 0 Å². The molecule has 0 fully saturated rings. The molecule has 0 saturated carbocycles. The van der Waals surface area contributed by atoms with Crippen LogP contribution in [-0.4, -0.2) is 70.7 Å². The molecule has 0 amide bonds. The summed E-state index contributed by atoms with van der Waals surface area (Å²) in [6, 6.07) is 0. The maximum atomic E-state index is 12.0. The predicted octanol–water partition coefficient (Wildman–Crippen LogP) is 8.32. The van der Waals surface area contributed by atoms with Crippen molar-refractivity contribution in [1.82, 2.24) is 0 Å². The molecule has 212 valence electrons. The van der Waals surface area contributed by atoms with Crippen molar-refractivity contribution in [3.05, 3.63) is 0 Å². The highest BCUT2D eigenvalue weighted by Gasteiger charge is 2.26. The van der Waals surface area contributed by atoms with Crippen LogP contribution in [0, 0.1) is 0 Å². The van der Waals surface area contributed by atoms with Crippen molar-refractivity contribution in [3.63, 3.8) is 0 Å². The van der Waals surface area contributed by atoms with E-state index in [-0.39, 0.29) is 19.3 Å². The Kier molecular flexibility index (Phi) is 23.9. The smallest absolute Gasteiger partial charge is 0.379 e. The van der Waals surface area contributed by atoms with Crippen LogP contribution < -0.4 is 0 Å². The van der Waals surface area contributed by atoms with Crippen LogP contribution in [0.3, 0.4) is 0 Å². The van der Waals surface area contributed by atoms with Gasteiger partial charge in [-0.05, 0) is 6.42 Å². The second kappa shape index (κ2) is 23.6. The molecule has 2 atom stereocenters. The third-order valence-electron chi connectivity index (χ3n) is 6.22. The molecule has 0 spiro atoms. The highest BCUT2D eigenvalue weighted by molar-refractivity contribution is 7.73. The second-order valence-electron chi connectivity index (χ2n) is 10.8. The zero-order valence-electron chi connectivity index (χ0n) is 23.8. The summed E-state index contributed by atoms with van der Waals surface area (Å²) in [4.78, 5) is 9.81. The number of hydrogen-bond donors (Lipinski definition) is 1. The Balaban J connectivity index is 3.49. The Morgan fingerprint density at radius 3 is 1.57 bits per heavy atom. The first-order chi connectivity index (χ1) is 16.7. The van der Waals surface area contributed by atoms with Gasteiger partial charge in [-0.3, -0.25) is 9.05 Å². The molecule has 0 aliphatic heterocycles. The lowest BCUT2D eigenvalue weighted by Crippen LogP contribution is -2.24. The van der Waals surface area contributed by atoms with E-state index in [0.717, 1.165) is 12.6 Å².